The molecule has 0 radical (unpaired) electrons. The van der Waals surface area contributed by atoms with E-state index in [-0.39, 0.29) is 6.54 Å². The number of nitrogens with zero attached hydrogens (tertiary/aromatic N) is 1. The molecule has 7 heteroatoms. The molecule has 1 saturated heterocycles. The van der Waals surface area contributed by atoms with Gasteiger partial charge in [0.15, 0.2) is 0 Å². The molecule has 2 aromatic rings. The van der Waals surface area contributed by atoms with Crippen molar-refractivity contribution < 1.29 is 19.1 Å². The largest absolute Gasteiger partial charge is 0.496 e. The van der Waals surface area contributed by atoms with Gasteiger partial charge in [-0.2, -0.15) is 0 Å². The Balaban J connectivity index is 1.83. The van der Waals surface area contributed by atoms with Crippen LogP contribution in [0.1, 0.15) is 35.6 Å². The summed E-state index contributed by atoms with van der Waals surface area (Å²) >= 11 is 0. The highest BCUT2D eigenvalue weighted by Crippen LogP contribution is 2.34. The summed E-state index contributed by atoms with van der Waals surface area (Å²) in [5, 5.41) is 5.60. The summed E-state index contributed by atoms with van der Waals surface area (Å²) < 4.78 is 5.29. The number of aryl methyl sites for hydroxylation is 2. The van der Waals surface area contributed by atoms with Gasteiger partial charge in [-0.25, -0.2) is 4.79 Å². The van der Waals surface area contributed by atoms with Gasteiger partial charge in [-0.3, -0.25) is 14.5 Å². The number of benzene rings is 2. The predicted octanol–water partition coefficient (Wildman–Crippen LogP) is 3.42. The molecule has 0 saturated carbocycles. The summed E-state index contributed by atoms with van der Waals surface area (Å²) in [7, 11) is 1.58. The number of carbonyl (C=O) groups excluding carboxylic acids is 3. The molecule has 4 amide bonds. The molecule has 2 aromatic carbocycles. The highest BCUT2D eigenvalue weighted by Gasteiger charge is 2.51. The Morgan fingerprint density at radius 2 is 1.87 bits per heavy atom. The number of imide groups is 1. The van der Waals surface area contributed by atoms with Crippen molar-refractivity contribution in [3.05, 3.63) is 58.7 Å². The maximum atomic E-state index is 13.3. The van der Waals surface area contributed by atoms with Crippen LogP contribution in [0.4, 0.5) is 10.5 Å². The average molecular weight is 409 g/mol. The Kier molecular flexibility index (Phi) is 5.82. The van der Waals surface area contributed by atoms with Crippen LogP contribution in [-0.2, 0) is 15.1 Å². The number of urea groups is 1. The van der Waals surface area contributed by atoms with Crippen molar-refractivity contribution >= 4 is 23.5 Å². The minimum atomic E-state index is -1.20. The number of carbonyl (C=O) groups is 3. The first-order valence-corrected chi connectivity index (χ1v) is 9.88. The Morgan fingerprint density at radius 1 is 1.13 bits per heavy atom. The molecule has 30 heavy (non-hydrogen) atoms. The molecule has 0 aromatic heterocycles. The Bertz CT molecular complexity index is 1020. The number of nitrogens with one attached hydrogen (secondary N) is 2. The molecule has 3 rings (SSSR count). The molecule has 1 fully saturated rings. The Labute approximate surface area is 176 Å². The van der Waals surface area contributed by atoms with Gasteiger partial charge in [-0.15, -0.1) is 0 Å². The van der Waals surface area contributed by atoms with Crippen molar-refractivity contribution in [3.63, 3.8) is 0 Å². The molecule has 1 aliphatic rings. The third kappa shape index (κ3) is 3.63. The lowest BCUT2D eigenvalue weighted by molar-refractivity contribution is -0.134. The third-order valence-corrected chi connectivity index (χ3v) is 5.77. The smallest absolute Gasteiger partial charge is 0.325 e. The van der Waals surface area contributed by atoms with E-state index < -0.39 is 23.4 Å². The topological polar surface area (TPSA) is 87.7 Å². The number of hydrogen-bond donors (Lipinski definition) is 2. The highest BCUT2D eigenvalue weighted by molar-refractivity contribution is 6.10. The van der Waals surface area contributed by atoms with Crippen LogP contribution in [0.15, 0.2) is 36.4 Å². The van der Waals surface area contributed by atoms with Crippen LogP contribution >= 0.6 is 0 Å². The van der Waals surface area contributed by atoms with Gasteiger partial charge in [-0.1, -0.05) is 25.1 Å². The van der Waals surface area contributed by atoms with Crippen LogP contribution in [0.3, 0.4) is 0 Å². The second kappa shape index (κ2) is 8.18. The predicted molar refractivity (Wildman–Crippen MR) is 114 cm³/mol. The number of anilines is 1. The number of ether oxygens (including phenoxy) is 1. The highest BCUT2D eigenvalue weighted by atomic mass is 16.5. The molecule has 2 N–H and O–H groups in total. The van der Waals surface area contributed by atoms with Crippen LogP contribution < -0.4 is 15.4 Å². The second-order valence-corrected chi connectivity index (χ2v) is 7.56. The molecule has 1 atom stereocenters. The van der Waals surface area contributed by atoms with E-state index in [9.17, 15) is 14.4 Å². The zero-order valence-corrected chi connectivity index (χ0v) is 18.0. The third-order valence-electron chi connectivity index (χ3n) is 5.77. The number of amides is 4. The molecule has 0 bridgehead atoms. The van der Waals surface area contributed by atoms with Crippen molar-refractivity contribution in [3.8, 4) is 5.75 Å². The van der Waals surface area contributed by atoms with Crippen LogP contribution in [0, 0.1) is 20.8 Å². The van der Waals surface area contributed by atoms with Gasteiger partial charge < -0.3 is 15.4 Å². The lowest BCUT2D eigenvalue weighted by Gasteiger charge is -2.26. The number of hydrogen-bond acceptors (Lipinski definition) is 4. The summed E-state index contributed by atoms with van der Waals surface area (Å²) in [6.45, 7) is 7.22. The monoisotopic (exact) mass is 409 g/mol. The van der Waals surface area contributed by atoms with E-state index in [2.05, 4.69) is 10.6 Å². The number of methoxy groups -OCH3 is 1. The summed E-state index contributed by atoms with van der Waals surface area (Å²) in [6, 6.07) is 10.4. The fraction of sp³-hybridized carbons (Fsp3) is 0.348. The van der Waals surface area contributed by atoms with Gasteiger partial charge in [0.1, 0.15) is 17.8 Å². The lowest BCUT2D eigenvalue weighted by Crippen LogP contribution is -2.44. The van der Waals surface area contributed by atoms with Gasteiger partial charge in [0.05, 0.1) is 7.11 Å². The van der Waals surface area contributed by atoms with E-state index in [4.69, 9.17) is 4.74 Å². The van der Waals surface area contributed by atoms with E-state index >= 15 is 0 Å². The molecule has 1 aliphatic heterocycles. The normalized spacial score (nSPS) is 18.4. The van der Waals surface area contributed by atoms with Crippen LogP contribution in [0.2, 0.25) is 0 Å². The van der Waals surface area contributed by atoms with E-state index in [0.717, 1.165) is 21.6 Å². The summed E-state index contributed by atoms with van der Waals surface area (Å²) in [4.78, 5) is 39.5. The molecular weight excluding hydrogens is 382 g/mol. The molecular formula is C23H27N3O4. The maximum Gasteiger partial charge on any atom is 0.325 e. The second-order valence-electron chi connectivity index (χ2n) is 7.56. The molecule has 0 spiro atoms. The van der Waals surface area contributed by atoms with Gasteiger partial charge in [0.25, 0.3) is 5.91 Å². The first-order valence-electron chi connectivity index (χ1n) is 9.88. The van der Waals surface area contributed by atoms with Crippen LogP contribution in [-0.4, -0.2) is 36.4 Å². The maximum absolute atomic E-state index is 13.3. The summed E-state index contributed by atoms with van der Waals surface area (Å²) in [5.41, 5.74) is 2.98. The fourth-order valence-corrected chi connectivity index (χ4v) is 3.77. The van der Waals surface area contributed by atoms with Crippen molar-refractivity contribution in [1.29, 1.82) is 0 Å². The van der Waals surface area contributed by atoms with Crippen LogP contribution in [0.5, 0.6) is 5.75 Å². The first kappa shape index (κ1) is 21.4. The van der Waals surface area contributed by atoms with E-state index in [1.54, 1.807) is 25.3 Å². The van der Waals surface area contributed by atoms with Gasteiger partial charge >= 0.3 is 6.03 Å². The van der Waals surface area contributed by atoms with Gasteiger partial charge in [0, 0.05) is 5.69 Å². The minimum absolute atomic E-state index is 0.352. The zero-order chi connectivity index (χ0) is 22.1. The Hall–Kier alpha value is -3.35. The van der Waals surface area contributed by atoms with Gasteiger partial charge in [0.2, 0.25) is 5.91 Å². The fourth-order valence-electron chi connectivity index (χ4n) is 3.77. The van der Waals surface area contributed by atoms with Crippen LogP contribution in [0.25, 0.3) is 0 Å². The molecule has 7 nitrogen and oxygen atoms in total. The van der Waals surface area contributed by atoms with E-state index in [1.807, 2.05) is 45.9 Å². The van der Waals surface area contributed by atoms with Gasteiger partial charge in [-0.05, 0) is 67.6 Å². The molecule has 158 valence electrons. The minimum Gasteiger partial charge on any atom is -0.496 e. The standard InChI is InChI=1S/C23H27N3O4/c1-6-23(17-10-11-19(30-5)15(3)12-17)21(28)26(22(29)25-23)13-20(27)24-18-9-7-8-14(2)16(18)4/h7-12H,6,13H2,1-5H3,(H,24,27)(H,25,29). The van der Waals surface area contributed by atoms with Crippen molar-refractivity contribution in [2.24, 2.45) is 0 Å². The van der Waals surface area contributed by atoms with E-state index in [1.165, 1.54) is 0 Å². The summed E-state index contributed by atoms with van der Waals surface area (Å²) in [5.74, 6) is -0.160. The van der Waals surface area contributed by atoms with Crippen molar-refractivity contribution in [2.45, 2.75) is 39.7 Å². The van der Waals surface area contributed by atoms with Crippen molar-refractivity contribution in [1.82, 2.24) is 10.2 Å². The molecule has 1 unspecified atom stereocenters. The average Bonchev–Trinajstić information content (AvgIpc) is 2.96. The number of rotatable bonds is 6. The Morgan fingerprint density at radius 3 is 2.50 bits per heavy atom. The first-order chi connectivity index (χ1) is 14.2. The van der Waals surface area contributed by atoms with Crippen molar-refractivity contribution in [2.75, 3.05) is 19.0 Å². The SMILES string of the molecule is CCC1(c2ccc(OC)c(C)c2)NC(=O)N(CC(=O)Nc2cccc(C)c2C)C1=O. The molecule has 1 heterocycles. The molecule has 0 aliphatic carbocycles. The van der Waals surface area contributed by atoms with E-state index in [0.29, 0.717) is 23.4 Å². The quantitative estimate of drug-likeness (QED) is 0.716. The lowest BCUT2D eigenvalue weighted by atomic mass is 9.86. The summed E-state index contributed by atoms with van der Waals surface area (Å²) in [6.07, 6.45) is 0.360. The zero-order valence-electron chi connectivity index (χ0n) is 18.0.